The Morgan fingerprint density at radius 2 is 1.85 bits per heavy atom. The number of thiocarbonyl (C=S) groups is 1. The Hall–Kier alpha value is -1.86. The lowest BCUT2D eigenvalue weighted by Gasteiger charge is -2.11. The van der Waals surface area contributed by atoms with Gasteiger partial charge in [0.15, 0.2) is 5.11 Å². The molecule has 138 valence electrons. The van der Waals surface area contributed by atoms with Gasteiger partial charge in [-0.05, 0) is 55.5 Å². The van der Waals surface area contributed by atoms with Crippen molar-refractivity contribution < 1.29 is 14.3 Å². The van der Waals surface area contributed by atoms with Crippen molar-refractivity contribution in [3.63, 3.8) is 0 Å². The zero-order chi connectivity index (χ0) is 18.9. The molecule has 0 spiro atoms. The topological polar surface area (TPSA) is 59.6 Å². The highest BCUT2D eigenvalue weighted by Gasteiger charge is 2.10. The molecule has 2 N–H and O–H groups in total. The predicted octanol–water partition coefficient (Wildman–Crippen LogP) is 4.54. The van der Waals surface area contributed by atoms with Crippen molar-refractivity contribution in [2.24, 2.45) is 0 Å². The standard InChI is InChI=1S/C18H18Cl2N2O3S/c1-2-24-6-7-25-16-5-3-4-12(8-16)17(23)22-18(26)21-15-10-13(19)9-14(20)11-15/h3-5,8-11H,2,6-7H2,1H3,(H2,21,22,23,26). The van der Waals surface area contributed by atoms with E-state index in [0.717, 1.165) is 0 Å². The summed E-state index contributed by atoms with van der Waals surface area (Å²) in [5, 5.41) is 6.54. The molecule has 0 aliphatic rings. The Bertz CT molecular complexity index is 767. The van der Waals surface area contributed by atoms with Crippen LogP contribution in [0, 0.1) is 0 Å². The summed E-state index contributed by atoms with van der Waals surface area (Å²) in [6.45, 7) is 3.45. The van der Waals surface area contributed by atoms with E-state index in [-0.39, 0.29) is 11.0 Å². The molecule has 0 unspecified atom stereocenters. The second-order valence-corrected chi connectivity index (χ2v) is 6.42. The van der Waals surface area contributed by atoms with Crippen LogP contribution in [-0.4, -0.2) is 30.8 Å². The van der Waals surface area contributed by atoms with Crippen molar-refractivity contribution in [1.82, 2.24) is 5.32 Å². The summed E-state index contributed by atoms with van der Waals surface area (Å²) >= 11 is 17.0. The molecule has 2 aromatic carbocycles. The quantitative estimate of drug-likeness (QED) is 0.516. The van der Waals surface area contributed by atoms with Crippen molar-refractivity contribution in [2.75, 3.05) is 25.1 Å². The second kappa shape index (κ2) is 10.3. The Balaban J connectivity index is 1.93. The zero-order valence-corrected chi connectivity index (χ0v) is 16.4. The minimum Gasteiger partial charge on any atom is -0.491 e. The van der Waals surface area contributed by atoms with Crippen LogP contribution in [0.15, 0.2) is 42.5 Å². The van der Waals surface area contributed by atoms with Gasteiger partial charge < -0.3 is 14.8 Å². The molecule has 0 heterocycles. The van der Waals surface area contributed by atoms with E-state index in [4.69, 9.17) is 44.9 Å². The van der Waals surface area contributed by atoms with Gasteiger partial charge in [-0.15, -0.1) is 0 Å². The van der Waals surface area contributed by atoms with E-state index in [1.54, 1.807) is 42.5 Å². The Kier molecular flexibility index (Phi) is 8.12. The van der Waals surface area contributed by atoms with Crippen LogP contribution >= 0.6 is 35.4 Å². The number of halogens is 2. The molecule has 0 aromatic heterocycles. The van der Waals surface area contributed by atoms with Crippen molar-refractivity contribution >= 4 is 52.1 Å². The first-order chi connectivity index (χ1) is 12.5. The molecule has 0 fully saturated rings. The molecular weight excluding hydrogens is 395 g/mol. The molecular formula is C18H18Cl2N2O3S. The first kappa shape index (κ1) is 20.5. The summed E-state index contributed by atoms with van der Waals surface area (Å²) in [4.78, 5) is 12.3. The number of hydrogen-bond donors (Lipinski definition) is 2. The number of carbonyl (C=O) groups is 1. The minimum absolute atomic E-state index is 0.135. The summed E-state index contributed by atoms with van der Waals surface area (Å²) in [6, 6.07) is 11.7. The average Bonchev–Trinajstić information content (AvgIpc) is 2.58. The third-order valence-corrected chi connectivity index (χ3v) is 3.78. The van der Waals surface area contributed by atoms with Gasteiger partial charge in [0.2, 0.25) is 0 Å². The lowest BCUT2D eigenvalue weighted by molar-refractivity contribution is 0.0976. The number of nitrogens with one attached hydrogen (secondary N) is 2. The lowest BCUT2D eigenvalue weighted by Crippen LogP contribution is -2.34. The van der Waals surface area contributed by atoms with Gasteiger partial charge in [-0.2, -0.15) is 0 Å². The van der Waals surface area contributed by atoms with Crippen LogP contribution in [0.25, 0.3) is 0 Å². The number of anilines is 1. The number of rotatable bonds is 7. The highest BCUT2D eigenvalue weighted by atomic mass is 35.5. The smallest absolute Gasteiger partial charge is 0.257 e. The maximum atomic E-state index is 12.3. The minimum atomic E-state index is -0.356. The Morgan fingerprint density at radius 1 is 1.12 bits per heavy atom. The largest absolute Gasteiger partial charge is 0.491 e. The molecule has 0 aliphatic carbocycles. The molecule has 26 heavy (non-hydrogen) atoms. The number of carbonyl (C=O) groups excluding carboxylic acids is 1. The van der Waals surface area contributed by atoms with Gasteiger partial charge in [0.25, 0.3) is 5.91 Å². The van der Waals surface area contributed by atoms with Gasteiger partial charge in [-0.1, -0.05) is 29.3 Å². The molecule has 2 rings (SSSR count). The van der Waals surface area contributed by atoms with Crippen molar-refractivity contribution in [2.45, 2.75) is 6.92 Å². The number of hydrogen-bond acceptors (Lipinski definition) is 4. The number of benzene rings is 2. The van der Waals surface area contributed by atoms with Crippen LogP contribution in [0.4, 0.5) is 5.69 Å². The lowest BCUT2D eigenvalue weighted by atomic mass is 10.2. The van der Waals surface area contributed by atoms with Crippen LogP contribution in [0.2, 0.25) is 10.0 Å². The van der Waals surface area contributed by atoms with E-state index < -0.39 is 0 Å². The third-order valence-electron chi connectivity index (χ3n) is 3.14. The number of amides is 1. The summed E-state index contributed by atoms with van der Waals surface area (Å²) in [5.74, 6) is 0.226. The van der Waals surface area contributed by atoms with Gasteiger partial charge in [0.1, 0.15) is 12.4 Å². The van der Waals surface area contributed by atoms with Gasteiger partial charge in [0.05, 0.1) is 6.61 Å². The molecule has 0 saturated carbocycles. The summed E-state index contributed by atoms with van der Waals surface area (Å²) in [5.41, 5.74) is 1.01. The van der Waals surface area contributed by atoms with Crippen LogP contribution in [-0.2, 0) is 4.74 Å². The zero-order valence-electron chi connectivity index (χ0n) is 14.1. The maximum absolute atomic E-state index is 12.3. The van der Waals surface area contributed by atoms with Crippen molar-refractivity contribution in [3.05, 3.63) is 58.1 Å². The molecule has 1 amide bonds. The van der Waals surface area contributed by atoms with E-state index in [2.05, 4.69) is 10.6 Å². The van der Waals surface area contributed by atoms with Gasteiger partial charge in [-0.25, -0.2) is 0 Å². The fourth-order valence-electron chi connectivity index (χ4n) is 2.05. The van der Waals surface area contributed by atoms with E-state index in [9.17, 15) is 4.79 Å². The molecule has 8 heteroatoms. The van der Waals surface area contributed by atoms with E-state index in [0.29, 0.717) is 46.9 Å². The molecule has 5 nitrogen and oxygen atoms in total. The molecule has 0 aliphatic heterocycles. The molecule has 0 saturated heterocycles. The Morgan fingerprint density at radius 3 is 2.54 bits per heavy atom. The molecule has 0 atom stereocenters. The second-order valence-electron chi connectivity index (χ2n) is 5.14. The first-order valence-corrected chi connectivity index (χ1v) is 9.03. The van der Waals surface area contributed by atoms with Gasteiger partial charge >= 0.3 is 0 Å². The van der Waals surface area contributed by atoms with E-state index >= 15 is 0 Å². The van der Waals surface area contributed by atoms with Crippen LogP contribution in [0.1, 0.15) is 17.3 Å². The SMILES string of the molecule is CCOCCOc1cccc(C(=O)NC(=S)Nc2cc(Cl)cc(Cl)c2)c1. The Labute approximate surface area is 167 Å². The van der Waals surface area contributed by atoms with Crippen LogP contribution < -0.4 is 15.4 Å². The van der Waals surface area contributed by atoms with Crippen LogP contribution in [0.5, 0.6) is 5.75 Å². The average molecular weight is 413 g/mol. The highest BCUT2D eigenvalue weighted by Crippen LogP contribution is 2.22. The number of ether oxygens (including phenoxy) is 2. The van der Waals surface area contributed by atoms with E-state index in [1.165, 1.54) is 0 Å². The highest BCUT2D eigenvalue weighted by molar-refractivity contribution is 7.80. The molecule has 0 bridgehead atoms. The maximum Gasteiger partial charge on any atom is 0.257 e. The van der Waals surface area contributed by atoms with E-state index in [1.807, 2.05) is 6.92 Å². The summed E-state index contributed by atoms with van der Waals surface area (Å²) < 4.78 is 10.8. The fourth-order valence-corrected chi connectivity index (χ4v) is 2.79. The first-order valence-electron chi connectivity index (χ1n) is 7.87. The monoisotopic (exact) mass is 412 g/mol. The van der Waals surface area contributed by atoms with Crippen molar-refractivity contribution in [1.29, 1.82) is 0 Å². The predicted molar refractivity (Wildman–Crippen MR) is 109 cm³/mol. The summed E-state index contributed by atoms with van der Waals surface area (Å²) in [7, 11) is 0. The van der Waals surface area contributed by atoms with Crippen molar-refractivity contribution in [3.8, 4) is 5.75 Å². The van der Waals surface area contributed by atoms with Crippen LogP contribution in [0.3, 0.4) is 0 Å². The fraction of sp³-hybridized carbons (Fsp3) is 0.222. The van der Waals surface area contributed by atoms with Gasteiger partial charge in [-0.3, -0.25) is 10.1 Å². The van der Waals surface area contributed by atoms with Gasteiger partial charge in [0, 0.05) is 27.9 Å². The molecule has 0 radical (unpaired) electrons. The normalized spacial score (nSPS) is 10.3. The summed E-state index contributed by atoms with van der Waals surface area (Å²) in [6.07, 6.45) is 0. The third kappa shape index (κ3) is 6.80. The molecule has 2 aromatic rings.